The number of ether oxygens (including phenoxy) is 1. The SMILES string of the molecule is COc1ccccc1NC(=O)c1ncccc1N. The van der Waals surface area contributed by atoms with Crippen LogP contribution in [0.2, 0.25) is 0 Å². The normalized spacial score (nSPS) is 9.83. The number of rotatable bonds is 3. The Hall–Kier alpha value is -2.56. The lowest BCUT2D eigenvalue weighted by molar-refractivity contribution is 0.102. The smallest absolute Gasteiger partial charge is 0.276 e. The van der Waals surface area contributed by atoms with E-state index in [2.05, 4.69) is 10.3 Å². The Labute approximate surface area is 105 Å². The van der Waals surface area contributed by atoms with Gasteiger partial charge >= 0.3 is 0 Å². The third-order valence-corrected chi connectivity index (χ3v) is 2.41. The number of pyridine rings is 1. The van der Waals surface area contributed by atoms with Crippen LogP contribution in [0.5, 0.6) is 5.75 Å². The molecule has 0 unspecified atom stereocenters. The Balaban J connectivity index is 2.24. The van der Waals surface area contributed by atoms with E-state index < -0.39 is 0 Å². The fourth-order valence-corrected chi connectivity index (χ4v) is 1.54. The molecule has 1 aromatic heterocycles. The minimum Gasteiger partial charge on any atom is -0.495 e. The molecule has 2 rings (SSSR count). The van der Waals surface area contributed by atoms with Crippen LogP contribution in [0.15, 0.2) is 42.6 Å². The van der Waals surface area contributed by atoms with Gasteiger partial charge in [-0.3, -0.25) is 4.79 Å². The molecule has 92 valence electrons. The first kappa shape index (κ1) is 11.9. The van der Waals surface area contributed by atoms with Crippen molar-refractivity contribution in [1.82, 2.24) is 4.98 Å². The van der Waals surface area contributed by atoms with Gasteiger partial charge in [-0.1, -0.05) is 12.1 Å². The number of para-hydroxylation sites is 2. The van der Waals surface area contributed by atoms with E-state index >= 15 is 0 Å². The van der Waals surface area contributed by atoms with Crippen molar-refractivity contribution >= 4 is 17.3 Å². The first-order chi connectivity index (χ1) is 8.72. The number of aromatic nitrogens is 1. The highest BCUT2D eigenvalue weighted by Gasteiger charge is 2.12. The van der Waals surface area contributed by atoms with Gasteiger partial charge in [-0.2, -0.15) is 0 Å². The molecule has 0 atom stereocenters. The summed E-state index contributed by atoms with van der Waals surface area (Å²) >= 11 is 0. The number of nitrogens with one attached hydrogen (secondary N) is 1. The van der Waals surface area contributed by atoms with Gasteiger partial charge < -0.3 is 15.8 Å². The molecule has 1 heterocycles. The fraction of sp³-hybridized carbons (Fsp3) is 0.0769. The number of carbonyl (C=O) groups excluding carboxylic acids is 1. The summed E-state index contributed by atoms with van der Waals surface area (Å²) in [5, 5.41) is 2.71. The Kier molecular flexibility index (Phi) is 3.43. The van der Waals surface area contributed by atoms with Crippen LogP contribution in [0.1, 0.15) is 10.5 Å². The molecule has 2 aromatic rings. The highest BCUT2D eigenvalue weighted by Crippen LogP contribution is 2.23. The molecular weight excluding hydrogens is 230 g/mol. The number of nitrogens with zero attached hydrogens (tertiary/aromatic N) is 1. The van der Waals surface area contributed by atoms with Gasteiger partial charge in [-0.05, 0) is 24.3 Å². The third kappa shape index (κ3) is 2.40. The predicted molar refractivity (Wildman–Crippen MR) is 69.6 cm³/mol. The number of hydrogen-bond acceptors (Lipinski definition) is 4. The maximum absolute atomic E-state index is 12.0. The van der Waals surface area contributed by atoms with Crippen LogP contribution in [0.25, 0.3) is 0 Å². The van der Waals surface area contributed by atoms with Gasteiger partial charge in [0.15, 0.2) is 5.69 Å². The van der Waals surface area contributed by atoms with E-state index in [0.717, 1.165) is 0 Å². The number of benzene rings is 1. The Morgan fingerprint density at radius 2 is 2.06 bits per heavy atom. The molecule has 0 saturated carbocycles. The first-order valence-corrected chi connectivity index (χ1v) is 5.37. The quantitative estimate of drug-likeness (QED) is 0.863. The van der Waals surface area contributed by atoms with E-state index in [4.69, 9.17) is 10.5 Å². The van der Waals surface area contributed by atoms with E-state index in [1.165, 1.54) is 6.20 Å². The first-order valence-electron chi connectivity index (χ1n) is 5.37. The largest absolute Gasteiger partial charge is 0.495 e. The monoisotopic (exact) mass is 243 g/mol. The Morgan fingerprint density at radius 3 is 2.78 bits per heavy atom. The van der Waals surface area contributed by atoms with Gasteiger partial charge in [0.05, 0.1) is 18.5 Å². The van der Waals surface area contributed by atoms with Crippen molar-refractivity contribution < 1.29 is 9.53 Å². The van der Waals surface area contributed by atoms with Crippen molar-refractivity contribution in [3.63, 3.8) is 0 Å². The third-order valence-electron chi connectivity index (χ3n) is 2.41. The fourth-order valence-electron chi connectivity index (χ4n) is 1.54. The molecule has 0 fully saturated rings. The summed E-state index contributed by atoms with van der Waals surface area (Å²) in [7, 11) is 1.54. The van der Waals surface area contributed by atoms with E-state index in [1.807, 2.05) is 6.07 Å². The second-order valence-corrected chi connectivity index (χ2v) is 3.60. The van der Waals surface area contributed by atoms with Crippen molar-refractivity contribution in [3.05, 3.63) is 48.3 Å². The summed E-state index contributed by atoms with van der Waals surface area (Å²) in [6.07, 6.45) is 1.52. The lowest BCUT2D eigenvalue weighted by atomic mass is 10.2. The number of anilines is 2. The predicted octanol–water partition coefficient (Wildman–Crippen LogP) is 1.92. The number of hydrogen-bond donors (Lipinski definition) is 2. The molecule has 5 heteroatoms. The molecule has 5 nitrogen and oxygen atoms in total. The molecule has 1 aromatic carbocycles. The highest BCUT2D eigenvalue weighted by atomic mass is 16.5. The average Bonchev–Trinajstić information content (AvgIpc) is 2.39. The maximum atomic E-state index is 12.0. The second-order valence-electron chi connectivity index (χ2n) is 3.60. The lowest BCUT2D eigenvalue weighted by Gasteiger charge is -2.10. The van der Waals surface area contributed by atoms with Crippen molar-refractivity contribution in [2.24, 2.45) is 0 Å². The van der Waals surface area contributed by atoms with Crippen molar-refractivity contribution in [3.8, 4) is 5.75 Å². The van der Waals surface area contributed by atoms with Crippen LogP contribution in [-0.4, -0.2) is 18.0 Å². The molecule has 3 N–H and O–H groups in total. The molecule has 18 heavy (non-hydrogen) atoms. The van der Waals surface area contributed by atoms with E-state index in [0.29, 0.717) is 17.1 Å². The minimum absolute atomic E-state index is 0.198. The molecule has 0 aliphatic rings. The van der Waals surface area contributed by atoms with E-state index in [9.17, 15) is 4.79 Å². The molecule has 1 amide bonds. The standard InChI is InChI=1S/C13H13N3O2/c1-18-11-7-3-2-6-10(11)16-13(17)12-9(14)5-4-8-15-12/h2-8H,14H2,1H3,(H,16,17). The minimum atomic E-state index is -0.363. The summed E-state index contributed by atoms with van der Waals surface area (Å²) in [5.74, 6) is 0.220. The lowest BCUT2D eigenvalue weighted by Crippen LogP contribution is -2.16. The number of nitrogen functional groups attached to an aromatic ring is 1. The highest BCUT2D eigenvalue weighted by molar-refractivity contribution is 6.06. The summed E-state index contributed by atoms with van der Waals surface area (Å²) in [6, 6.07) is 10.4. The zero-order valence-corrected chi connectivity index (χ0v) is 9.88. The molecule has 0 bridgehead atoms. The summed E-state index contributed by atoms with van der Waals surface area (Å²) in [5.41, 5.74) is 6.81. The number of amides is 1. The number of nitrogens with two attached hydrogens (primary N) is 1. The van der Waals surface area contributed by atoms with Gasteiger partial charge in [-0.25, -0.2) is 4.98 Å². The van der Waals surface area contributed by atoms with E-state index in [-0.39, 0.29) is 11.6 Å². The van der Waals surface area contributed by atoms with Crippen molar-refractivity contribution in [1.29, 1.82) is 0 Å². The molecule has 0 saturated heterocycles. The van der Waals surface area contributed by atoms with Gasteiger partial charge in [0.1, 0.15) is 5.75 Å². The van der Waals surface area contributed by atoms with Crippen LogP contribution >= 0.6 is 0 Å². The van der Waals surface area contributed by atoms with Gasteiger partial charge in [0.2, 0.25) is 0 Å². The van der Waals surface area contributed by atoms with E-state index in [1.54, 1.807) is 37.4 Å². The van der Waals surface area contributed by atoms with Crippen molar-refractivity contribution in [2.75, 3.05) is 18.2 Å². The zero-order chi connectivity index (χ0) is 13.0. The summed E-state index contributed by atoms with van der Waals surface area (Å²) in [4.78, 5) is 15.9. The summed E-state index contributed by atoms with van der Waals surface area (Å²) < 4.78 is 5.15. The molecule has 0 spiro atoms. The van der Waals surface area contributed by atoms with Crippen LogP contribution < -0.4 is 15.8 Å². The summed E-state index contributed by atoms with van der Waals surface area (Å²) in [6.45, 7) is 0. The number of methoxy groups -OCH3 is 1. The molecule has 0 aliphatic heterocycles. The maximum Gasteiger partial charge on any atom is 0.276 e. The topological polar surface area (TPSA) is 77.2 Å². The van der Waals surface area contributed by atoms with Crippen LogP contribution in [-0.2, 0) is 0 Å². The molecule has 0 radical (unpaired) electrons. The van der Waals surface area contributed by atoms with Crippen LogP contribution in [0.3, 0.4) is 0 Å². The molecule has 0 aliphatic carbocycles. The zero-order valence-electron chi connectivity index (χ0n) is 9.88. The van der Waals surface area contributed by atoms with Gasteiger partial charge in [0.25, 0.3) is 5.91 Å². The van der Waals surface area contributed by atoms with Crippen LogP contribution in [0.4, 0.5) is 11.4 Å². The average molecular weight is 243 g/mol. The Morgan fingerprint density at radius 1 is 1.28 bits per heavy atom. The van der Waals surface area contributed by atoms with Crippen LogP contribution in [0, 0.1) is 0 Å². The van der Waals surface area contributed by atoms with Gasteiger partial charge in [0, 0.05) is 6.20 Å². The second kappa shape index (κ2) is 5.18. The Bertz CT molecular complexity index is 570. The van der Waals surface area contributed by atoms with Crippen molar-refractivity contribution in [2.45, 2.75) is 0 Å². The van der Waals surface area contributed by atoms with Gasteiger partial charge in [-0.15, -0.1) is 0 Å². The molecular formula is C13H13N3O2. The number of carbonyl (C=O) groups is 1.